The van der Waals surface area contributed by atoms with E-state index >= 15 is 0 Å². The van der Waals surface area contributed by atoms with Crippen LogP contribution in [-0.4, -0.2) is 9.55 Å². The van der Waals surface area contributed by atoms with Gasteiger partial charge >= 0.3 is 0 Å². The van der Waals surface area contributed by atoms with Gasteiger partial charge in [0.05, 0.1) is 23.5 Å². The minimum Gasteiger partial charge on any atom is -0.324 e. The van der Waals surface area contributed by atoms with Crippen LogP contribution in [0.1, 0.15) is 37.5 Å². The van der Waals surface area contributed by atoms with Crippen LogP contribution < -0.4 is 0 Å². The maximum atomic E-state index is 8.91. The Kier molecular flexibility index (Phi) is 2.56. The van der Waals surface area contributed by atoms with E-state index in [4.69, 9.17) is 5.26 Å². The molecule has 1 aromatic carbocycles. The van der Waals surface area contributed by atoms with E-state index in [0.717, 1.165) is 11.3 Å². The standard InChI is InChI=1S/C14H15N3/c15-10-9-14-16-12-7-3-4-8-13(12)17(14)11-5-1-2-6-11/h3-4,7-8,11H,1-2,5-6,9H2. The second-order valence-corrected chi connectivity index (χ2v) is 4.66. The van der Waals surface area contributed by atoms with Crippen molar-refractivity contribution in [3.05, 3.63) is 30.1 Å². The average Bonchev–Trinajstić information content (AvgIpc) is 2.94. The molecule has 0 spiro atoms. The van der Waals surface area contributed by atoms with Crippen molar-refractivity contribution < 1.29 is 0 Å². The zero-order valence-electron chi connectivity index (χ0n) is 9.76. The fourth-order valence-corrected chi connectivity index (χ4v) is 2.86. The zero-order chi connectivity index (χ0) is 11.7. The lowest BCUT2D eigenvalue weighted by Gasteiger charge is -2.15. The van der Waals surface area contributed by atoms with Gasteiger partial charge in [-0.25, -0.2) is 4.98 Å². The molecule has 0 radical (unpaired) electrons. The maximum Gasteiger partial charge on any atom is 0.124 e. The number of nitriles is 1. The van der Waals surface area contributed by atoms with Crippen molar-refractivity contribution in [1.82, 2.24) is 9.55 Å². The second-order valence-electron chi connectivity index (χ2n) is 4.66. The van der Waals surface area contributed by atoms with Crippen molar-refractivity contribution in [3.8, 4) is 6.07 Å². The summed E-state index contributed by atoms with van der Waals surface area (Å²) < 4.78 is 2.30. The lowest BCUT2D eigenvalue weighted by Crippen LogP contribution is -2.08. The van der Waals surface area contributed by atoms with E-state index in [1.54, 1.807) is 0 Å². The highest BCUT2D eigenvalue weighted by Crippen LogP contribution is 2.33. The third kappa shape index (κ3) is 1.70. The number of rotatable bonds is 2. The highest BCUT2D eigenvalue weighted by molar-refractivity contribution is 5.76. The molecule has 1 fully saturated rings. The summed E-state index contributed by atoms with van der Waals surface area (Å²) in [5.41, 5.74) is 2.20. The van der Waals surface area contributed by atoms with E-state index in [1.165, 1.54) is 31.2 Å². The average molecular weight is 225 g/mol. The fraction of sp³-hybridized carbons (Fsp3) is 0.429. The Balaban J connectivity index is 2.17. The number of para-hydroxylation sites is 2. The van der Waals surface area contributed by atoms with E-state index in [1.807, 2.05) is 18.2 Å². The molecule has 86 valence electrons. The van der Waals surface area contributed by atoms with Gasteiger partial charge in [-0.1, -0.05) is 25.0 Å². The van der Waals surface area contributed by atoms with Crippen molar-refractivity contribution >= 4 is 11.0 Å². The van der Waals surface area contributed by atoms with E-state index in [9.17, 15) is 0 Å². The molecule has 3 nitrogen and oxygen atoms in total. The van der Waals surface area contributed by atoms with Gasteiger partial charge in [-0.3, -0.25) is 0 Å². The summed E-state index contributed by atoms with van der Waals surface area (Å²) in [5, 5.41) is 8.91. The zero-order valence-corrected chi connectivity index (χ0v) is 9.76. The molecule has 0 amide bonds. The number of hydrogen-bond acceptors (Lipinski definition) is 2. The molecule has 3 rings (SSSR count). The first-order valence-electron chi connectivity index (χ1n) is 6.23. The molecule has 0 bridgehead atoms. The Morgan fingerprint density at radius 1 is 1.29 bits per heavy atom. The monoisotopic (exact) mass is 225 g/mol. The van der Waals surface area contributed by atoms with Crippen molar-refractivity contribution in [3.63, 3.8) is 0 Å². The number of hydrogen-bond donors (Lipinski definition) is 0. The summed E-state index contributed by atoms with van der Waals surface area (Å²) in [6.45, 7) is 0. The first-order valence-corrected chi connectivity index (χ1v) is 6.23. The van der Waals surface area contributed by atoms with Gasteiger partial charge in [-0.2, -0.15) is 5.26 Å². The quantitative estimate of drug-likeness (QED) is 0.787. The van der Waals surface area contributed by atoms with Crippen LogP contribution in [-0.2, 0) is 6.42 Å². The van der Waals surface area contributed by atoms with E-state index in [-0.39, 0.29) is 0 Å². The fourth-order valence-electron chi connectivity index (χ4n) is 2.86. The third-order valence-electron chi connectivity index (χ3n) is 3.60. The molecular weight excluding hydrogens is 210 g/mol. The number of benzene rings is 1. The van der Waals surface area contributed by atoms with Gasteiger partial charge in [0.15, 0.2) is 0 Å². The van der Waals surface area contributed by atoms with Crippen LogP contribution in [0.15, 0.2) is 24.3 Å². The lowest BCUT2D eigenvalue weighted by atomic mass is 10.2. The topological polar surface area (TPSA) is 41.6 Å². The molecule has 3 heteroatoms. The predicted octanol–water partition coefficient (Wildman–Crippen LogP) is 3.22. The molecule has 1 aromatic heterocycles. The van der Waals surface area contributed by atoms with Crippen LogP contribution in [0.3, 0.4) is 0 Å². The van der Waals surface area contributed by atoms with Crippen molar-refractivity contribution in [2.45, 2.75) is 38.1 Å². The highest BCUT2D eigenvalue weighted by atomic mass is 15.1. The Bertz CT molecular complexity index is 571. The lowest BCUT2D eigenvalue weighted by molar-refractivity contribution is 0.516. The van der Waals surface area contributed by atoms with Crippen molar-refractivity contribution in [2.75, 3.05) is 0 Å². The van der Waals surface area contributed by atoms with Gasteiger partial charge in [-0.05, 0) is 25.0 Å². The van der Waals surface area contributed by atoms with Crippen LogP contribution >= 0.6 is 0 Å². The highest BCUT2D eigenvalue weighted by Gasteiger charge is 2.21. The Morgan fingerprint density at radius 3 is 2.82 bits per heavy atom. The summed E-state index contributed by atoms with van der Waals surface area (Å²) in [4.78, 5) is 4.59. The van der Waals surface area contributed by atoms with Gasteiger partial charge in [0.1, 0.15) is 5.82 Å². The molecule has 0 unspecified atom stereocenters. The molecule has 0 aliphatic heterocycles. The van der Waals surface area contributed by atoms with Crippen LogP contribution in [0.4, 0.5) is 0 Å². The van der Waals surface area contributed by atoms with E-state index < -0.39 is 0 Å². The molecule has 1 heterocycles. The number of fused-ring (bicyclic) bond motifs is 1. The van der Waals surface area contributed by atoms with E-state index in [2.05, 4.69) is 21.7 Å². The van der Waals surface area contributed by atoms with Crippen molar-refractivity contribution in [1.29, 1.82) is 5.26 Å². The van der Waals surface area contributed by atoms with Gasteiger partial charge < -0.3 is 4.57 Å². The third-order valence-corrected chi connectivity index (χ3v) is 3.60. The molecule has 0 saturated heterocycles. The van der Waals surface area contributed by atoms with Gasteiger partial charge in [0.25, 0.3) is 0 Å². The van der Waals surface area contributed by atoms with Gasteiger partial charge in [-0.15, -0.1) is 0 Å². The summed E-state index contributed by atoms with van der Waals surface area (Å²) in [5.74, 6) is 0.931. The van der Waals surface area contributed by atoms with Crippen LogP contribution in [0.5, 0.6) is 0 Å². The molecule has 0 N–H and O–H groups in total. The summed E-state index contributed by atoms with van der Waals surface area (Å²) in [6, 6.07) is 11.0. The Morgan fingerprint density at radius 2 is 2.06 bits per heavy atom. The SMILES string of the molecule is N#CCc1nc2ccccc2n1C1CCCC1. The largest absolute Gasteiger partial charge is 0.324 e. The van der Waals surface area contributed by atoms with Crippen LogP contribution in [0.2, 0.25) is 0 Å². The number of aromatic nitrogens is 2. The van der Waals surface area contributed by atoms with Crippen LogP contribution in [0.25, 0.3) is 11.0 Å². The Labute approximate surface area is 101 Å². The molecular formula is C14H15N3. The molecule has 0 atom stereocenters. The first-order chi connectivity index (χ1) is 8.40. The first kappa shape index (κ1) is 10.3. The molecule has 1 saturated carbocycles. The minimum absolute atomic E-state index is 0.408. The van der Waals surface area contributed by atoms with E-state index in [0.29, 0.717) is 12.5 Å². The Hall–Kier alpha value is -1.82. The van der Waals surface area contributed by atoms with Gasteiger partial charge in [0, 0.05) is 6.04 Å². The summed E-state index contributed by atoms with van der Waals surface area (Å²) in [6.07, 6.45) is 5.44. The number of nitrogens with zero attached hydrogens (tertiary/aromatic N) is 3. The summed E-state index contributed by atoms with van der Waals surface area (Å²) >= 11 is 0. The van der Waals surface area contributed by atoms with Crippen molar-refractivity contribution in [2.24, 2.45) is 0 Å². The van der Waals surface area contributed by atoms with Gasteiger partial charge in [0.2, 0.25) is 0 Å². The molecule has 1 aliphatic rings. The van der Waals surface area contributed by atoms with Crippen LogP contribution in [0, 0.1) is 11.3 Å². The maximum absolute atomic E-state index is 8.91. The number of imidazole rings is 1. The smallest absolute Gasteiger partial charge is 0.124 e. The normalized spacial score (nSPS) is 16.4. The molecule has 2 aromatic rings. The second kappa shape index (κ2) is 4.21. The minimum atomic E-state index is 0.408. The predicted molar refractivity (Wildman–Crippen MR) is 66.6 cm³/mol. The molecule has 17 heavy (non-hydrogen) atoms. The molecule has 1 aliphatic carbocycles. The summed E-state index contributed by atoms with van der Waals surface area (Å²) in [7, 11) is 0.